The molecule has 0 amide bonds. The zero-order valence-corrected chi connectivity index (χ0v) is 9.81. The normalized spacial score (nSPS) is 9.89. The van der Waals surface area contributed by atoms with Gasteiger partial charge in [-0.2, -0.15) is 0 Å². The molecule has 0 aromatic heterocycles. The molecule has 0 aliphatic carbocycles. The van der Waals surface area contributed by atoms with Gasteiger partial charge < -0.3 is 10.1 Å². The summed E-state index contributed by atoms with van der Waals surface area (Å²) < 4.78 is 17.9. The average molecular weight is 245 g/mol. The van der Waals surface area contributed by atoms with Crippen LogP contribution in [-0.4, -0.2) is 13.1 Å². The van der Waals surface area contributed by atoms with Crippen LogP contribution in [0.3, 0.4) is 0 Å². The Bertz CT molecular complexity index is 555. The lowest BCUT2D eigenvalue weighted by atomic mass is 10.1. The van der Waals surface area contributed by atoms with Crippen LogP contribution in [0.1, 0.15) is 10.4 Å². The number of carbonyl (C=O) groups excluding carboxylic acids is 1. The molecule has 3 nitrogen and oxygen atoms in total. The molecule has 0 aliphatic heterocycles. The number of ether oxygens (including phenoxy) is 1. The second-order valence-corrected chi connectivity index (χ2v) is 3.67. The SMILES string of the molecule is COC(=O)c1ccc(F)cc1Nc1ccccc1. The fourth-order valence-corrected chi connectivity index (χ4v) is 1.58. The molecule has 0 atom stereocenters. The quantitative estimate of drug-likeness (QED) is 0.843. The van der Waals surface area contributed by atoms with Crippen LogP contribution in [0.4, 0.5) is 15.8 Å². The zero-order valence-electron chi connectivity index (χ0n) is 9.81. The average Bonchev–Trinajstić information content (AvgIpc) is 2.39. The van der Waals surface area contributed by atoms with Gasteiger partial charge in [0.25, 0.3) is 0 Å². The van der Waals surface area contributed by atoms with Gasteiger partial charge in [0.15, 0.2) is 0 Å². The van der Waals surface area contributed by atoms with Gasteiger partial charge in [0, 0.05) is 5.69 Å². The fraction of sp³-hybridized carbons (Fsp3) is 0.0714. The molecule has 0 radical (unpaired) electrons. The molecule has 0 fully saturated rings. The highest BCUT2D eigenvalue weighted by atomic mass is 19.1. The topological polar surface area (TPSA) is 38.3 Å². The van der Waals surface area contributed by atoms with Crippen molar-refractivity contribution < 1.29 is 13.9 Å². The van der Waals surface area contributed by atoms with Crippen molar-refractivity contribution in [3.05, 3.63) is 59.9 Å². The summed E-state index contributed by atoms with van der Waals surface area (Å²) in [4.78, 5) is 11.6. The van der Waals surface area contributed by atoms with Gasteiger partial charge in [-0.05, 0) is 30.3 Å². The summed E-state index contributed by atoms with van der Waals surface area (Å²) in [6, 6.07) is 13.1. The fourth-order valence-electron chi connectivity index (χ4n) is 1.58. The highest BCUT2D eigenvalue weighted by Crippen LogP contribution is 2.22. The maximum absolute atomic E-state index is 13.2. The van der Waals surface area contributed by atoms with Crippen LogP contribution in [-0.2, 0) is 4.74 Å². The van der Waals surface area contributed by atoms with Gasteiger partial charge in [-0.3, -0.25) is 0 Å². The van der Waals surface area contributed by atoms with Crippen LogP contribution in [0.5, 0.6) is 0 Å². The minimum absolute atomic E-state index is 0.294. The third-order valence-corrected chi connectivity index (χ3v) is 2.44. The Morgan fingerprint density at radius 2 is 1.89 bits per heavy atom. The lowest BCUT2D eigenvalue weighted by molar-refractivity contribution is 0.0602. The van der Waals surface area contributed by atoms with Crippen LogP contribution < -0.4 is 5.32 Å². The summed E-state index contributed by atoms with van der Waals surface area (Å²) in [5.74, 6) is -0.922. The molecule has 2 aromatic carbocycles. The summed E-state index contributed by atoms with van der Waals surface area (Å²) in [5.41, 5.74) is 1.45. The van der Waals surface area contributed by atoms with E-state index in [-0.39, 0.29) is 0 Å². The number of methoxy groups -OCH3 is 1. The lowest BCUT2D eigenvalue weighted by Gasteiger charge is -2.10. The number of anilines is 2. The van der Waals surface area contributed by atoms with E-state index >= 15 is 0 Å². The molecule has 0 unspecified atom stereocenters. The summed E-state index contributed by atoms with van der Waals surface area (Å²) >= 11 is 0. The van der Waals surface area contributed by atoms with Crippen LogP contribution in [0.25, 0.3) is 0 Å². The van der Waals surface area contributed by atoms with Gasteiger partial charge in [-0.1, -0.05) is 18.2 Å². The van der Waals surface area contributed by atoms with Gasteiger partial charge in [0.05, 0.1) is 18.4 Å². The number of hydrogen-bond donors (Lipinski definition) is 1. The smallest absolute Gasteiger partial charge is 0.339 e. The Morgan fingerprint density at radius 3 is 2.56 bits per heavy atom. The van der Waals surface area contributed by atoms with E-state index in [1.54, 1.807) is 0 Å². The number of esters is 1. The van der Waals surface area contributed by atoms with E-state index in [2.05, 4.69) is 10.1 Å². The maximum atomic E-state index is 13.2. The Hall–Kier alpha value is -2.36. The summed E-state index contributed by atoms with van der Waals surface area (Å²) in [6.45, 7) is 0. The Balaban J connectivity index is 2.36. The number of nitrogens with one attached hydrogen (secondary N) is 1. The van der Waals surface area contributed by atoms with E-state index in [0.29, 0.717) is 11.3 Å². The summed E-state index contributed by atoms with van der Waals surface area (Å²) in [6.07, 6.45) is 0. The van der Waals surface area contributed by atoms with Crippen molar-refractivity contribution in [2.75, 3.05) is 12.4 Å². The van der Waals surface area contributed by atoms with Crippen molar-refractivity contribution in [2.45, 2.75) is 0 Å². The number of rotatable bonds is 3. The van der Waals surface area contributed by atoms with Gasteiger partial charge in [0.2, 0.25) is 0 Å². The number of carbonyl (C=O) groups is 1. The van der Waals surface area contributed by atoms with Crippen LogP contribution in [0.2, 0.25) is 0 Å². The van der Waals surface area contributed by atoms with Crippen molar-refractivity contribution in [2.24, 2.45) is 0 Å². The van der Waals surface area contributed by atoms with Gasteiger partial charge in [-0.25, -0.2) is 9.18 Å². The monoisotopic (exact) mass is 245 g/mol. The van der Waals surface area contributed by atoms with Crippen LogP contribution >= 0.6 is 0 Å². The Kier molecular flexibility index (Phi) is 3.57. The van der Waals surface area contributed by atoms with Crippen molar-refractivity contribution in [1.82, 2.24) is 0 Å². The van der Waals surface area contributed by atoms with E-state index in [9.17, 15) is 9.18 Å². The molecule has 18 heavy (non-hydrogen) atoms. The highest BCUT2D eigenvalue weighted by molar-refractivity contribution is 5.96. The summed E-state index contributed by atoms with van der Waals surface area (Å²) in [5, 5.41) is 2.99. The van der Waals surface area contributed by atoms with Gasteiger partial charge in [0.1, 0.15) is 5.82 Å². The van der Waals surface area contributed by atoms with Crippen molar-refractivity contribution in [1.29, 1.82) is 0 Å². The first-order valence-electron chi connectivity index (χ1n) is 5.40. The zero-order chi connectivity index (χ0) is 13.0. The predicted molar refractivity (Wildman–Crippen MR) is 67.5 cm³/mol. The first-order chi connectivity index (χ1) is 8.70. The molecule has 0 saturated carbocycles. The van der Waals surface area contributed by atoms with Crippen molar-refractivity contribution in [3.8, 4) is 0 Å². The Morgan fingerprint density at radius 1 is 1.17 bits per heavy atom. The Labute approximate surface area is 104 Å². The molecular formula is C14H12FNO2. The minimum atomic E-state index is -0.506. The van der Waals surface area contributed by atoms with Crippen molar-refractivity contribution >= 4 is 17.3 Å². The second kappa shape index (κ2) is 5.31. The second-order valence-electron chi connectivity index (χ2n) is 3.67. The van der Waals surface area contributed by atoms with E-state index in [1.807, 2.05) is 30.3 Å². The molecule has 0 saturated heterocycles. The van der Waals surface area contributed by atoms with Crippen molar-refractivity contribution in [3.63, 3.8) is 0 Å². The molecule has 0 spiro atoms. The van der Waals surface area contributed by atoms with E-state index in [1.165, 1.54) is 25.3 Å². The number of halogens is 1. The molecule has 92 valence electrons. The first kappa shape index (κ1) is 12.1. The summed E-state index contributed by atoms with van der Waals surface area (Å²) in [7, 11) is 1.29. The molecule has 2 aromatic rings. The van der Waals surface area contributed by atoms with E-state index in [0.717, 1.165) is 5.69 Å². The molecule has 2 rings (SSSR count). The third kappa shape index (κ3) is 2.66. The molecule has 0 aliphatic rings. The largest absolute Gasteiger partial charge is 0.465 e. The highest BCUT2D eigenvalue weighted by Gasteiger charge is 2.12. The van der Waals surface area contributed by atoms with Gasteiger partial charge in [-0.15, -0.1) is 0 Å². The number of benzene rings is 2. The van der Waals surface area contributed by atoms with Gasteiger partial charge >= 0.3 is 5.97 Å². The molecular weight excluding hydrogens is 233 g/mol. The standard InChI is InChI=1S/C14H12FNO2/c1-18-14(17)12-8-7-10(15)9-13(12)16-11-5-3-2-4-6-11/h2-9,16H,1H3. The lowest BCUT2D eigenvalue weighted by Crippen LogP contribution is -2.06. The van der Waals surface area contributed by atoms with Crippen LogP contribution in [0.15, 0.2) is 48.5 Å². The first-order valence-corrected chi connectivity index (χ1v) is 5.40. The molecule has 1 N–H and O–H groups in total. The minimum Gasteiger partial charge on any atom is -0.465 e. The third-order valence-electron chi connectivity index (χ3n) is 2.44. The van der Waals surface area contributed by atoms with E-state index in [4.69, 9.17) is 0 Å². The molecule has 0 heterocycles. The predicted octanol–water partition coefficient (Wildman–Crippen LogP) is 3.36. The molecule has 4 heteroatoms. The van der Waals surface area contributed by atoms with Crippen LogP contribution in [0, 0.1) is 5.82 Å². The maximum Gasteiger partial charge on any atom is 0.339 e. The number of para-hydroxylation sites is 1. The van der Waals surface area contributed by atoms with E-state index < -0.39 is 11.8 Å². The number of hydrogen-bond acceptors (Lipinski definition) is 3. The molecule has 0 bridgehead atoms.